The average molecular weight is 2030 g/mol. The SMILES string of the molecule is Cc1ccc(NC(C(=O)N/N=C\c2cc(Br)c(O)c(Br)c2)C(=O)NNC(=S)Nc2ccc(/C=C/c3ccc(NC(=S)NCCOCCNC(=S)Nc4ccc(/C=C/c5ccc(NC(=S)NNC(=O)C(Nc6ccc(Cl)cc6)C(=O)N/N=C\c6cc(Br)c(O)c(Br)c6)cc5S(=O)(=O)O)c(S(=O)(=O)O)c4)cc3S(=O)(=O)O)c(S(=O)(=O)O)c2)cc1. The van der Waals surface area contributed by atoms with Crippen LogP contribution in [0.2, 0.25) is 5.02 Å². The van der Waals surface area contributed by atoms with Crippen LogP contribution in [0.4, 0.5) is 34.1 Å². The predicted octanol–water partition coefficient (Wildman–Crippen LogP) is 9.62. The van der Waals surface area contributed by atoms with E-state index in [1.807, 2.05) is 6.92 Å². The molecule has 0 saturated heterocycles. The molecule has 616 valence electrons. The molecule has 20 N–H and O–H groups in total. The number of hydrogen-bond donors (Lipinski definition) is 20. The highest BCUT2D eigenvalue weighted by atomic mass is 79.9. The summed E-state index contributed by atoms with van der Waals surface area (Å²) in [5, 5.41) is 49.7. The van der Waals surface area contributed by atoms with Crippen molar-refractivity contribution in [1.82, 2.24) is 43.2 Å². The quantitative estimate of drug-likeness (QED) is 0.00378. The van der Waals surface area contributed by atoms with E-state index in [-0.39, 0.29) is 103 Å². The third-order valence-electron chi connectivity index (χ3n) is 15.2. The number of amides is 4. The molecule has 48 heteroatoms. The lowest BCUT2D eigenvalue weighted by molar-refractivity contribution is -0.132. The number of thiocarbonyl (C=S) groups is 4. The number of carbonyl (C=O) groups excluding carboxylic acids is 4. The number of ether oxygens (including phenoxy) is 1. The van der Waals surface area contributed by atoms with Crippen LogP contribution in [0.3, 0.4) is 0 Å². The second kappa shape index (κ2) is 42.1. The van der Waals surface area contributed by atoms with Crippen molar-refractivity contribution in [3.05, 3.63) is 207 Å². The molecule has 0 spiro atoms. The van der Waals surface area contributed by atoms with Gasteiger partial charge in [0, 0.05) is 52.2 Å². The minimum atomic E-state index is -5.02. The van der Waals surface area contributed by atoms with Crippen LogP contribution in [0.25, 0.3) is 24.3 Å². The van der Waals surface area contributed by atoms with Crippen LogP contribution in [-0.4, -0.2) is 157 Å². The Labute approximate surface area is 728 Å². The van der Waals surface area contributed by atoms with Gasteiger partial charge in [-0.3, -0.25) is 59.1 Å². The van der Waals surface area contributed by atoms with Gasteiger partial charge in [0.2, 0.25) is 0 Å². The topological polar surface area (TPSA) is 529 Å². The van der Waals surface area contributed by atoms with Crippen molar-refractivity contribution in [1.29, 1.82) is 0 Å². The molecule has 0 aliphatic rings. The van der Waals surface area contributed by atoms with Gasteiger partial charge in [0.25, 0.3) is 64.1 Å². The molecule has 4 amide bonds. The highest BCUT2D eigenvalue weighted by Gasteiger charge is 2.30. The van der Waals surface area contributed by atoms with E-state index in [0.29, 0.717) is 45.4 Å². The van der Waals surface area contributed by atoms with E-state index in [4.69, 9.17) is 65.2 Å². The van der Waals surface area contributed by atoms with Gasteiger partial charge in [-0.2, -0.15) is 43.9 Å². The van der Waals surface area contributed by atoms with E-state index >= 15 is 0 Å². The van der Waals surface area contributed by atoms with Gasteiger partial charge in [-0.05, 0) is 262 Å². The van der Waals surface area contributed by atoms with E-state index in [1.54, 1.807) is 24.3 Å². The maximum absolute atomic E-state index is 13.5. The van der Waals surface area contributed by atoms with Gasteiger partial charge in [0.15, 0.2) is 32.5 Å². The lowest BCUT2D eigenvalue weighted by atomic mass is 10.1. The number of nitrogens with one attached hydrogen (secondary N) is 14. The van der Waals surface area contributed by atoms with Crippen molar-refractivity contribution in [3.8, 4) is 11.5 Å². The summed E-state index contributed by atoms with van der Waals surface area (Å²) in [6, 6.07) is 30.0. The Kier molecular flexibility index (Phi) is 33.3. The number of hydrazine groups is 2. The first-order valence-electron chi connectivity index (χ1n) is 32.7. The second-order valence-corrected chi connectivity index (χ2v) is 34.8. The normalized spacial score (nSPS) is 12.3. The zero-order chi connectivity index (χ0) is 85.7. The van der Waals surface area contributed by atoms with E-state index in [2.05, 4.69) is 149 Å². The summed E-state index contributed by atoms with van der Waals surface area (Å²) in [6.45, 7) is 2.19. The zero-order valence-corrected chi connectivity index (χ0v) is 73.0. The van der Waals surface area contributed by atoms with Gasteiger partial charge in [0.1, 0.15) is 31.1 Å². The van der Waals surface area contributed by atoms with E-state index in [9.17, 15) is 81.3 Å². The lowest BCUT2D eigenvalue weighted by Gasteiger charge is -2.19. The number of carbonyl (C=O) groups is 4. The number of benzene rings is 8. The summed E-state index contributed by atoms with van der Waals surface area (Å²) in [5.74, 6) is -3.92. The molecule has 117 heavy (non-hydrogen) atoms. The molecule has 35 nitrogen and oxygen atoms in total. The fourth-order valence-electron chi connectivity index (χ4n) is 9.70. The molecule has 0 radical (unpaired) electrons. The van der Waals surface area contributed by atoms with Crippen molar-refractivity contribution >= 4 is 280 Å². The van der Waals surface area contributed by atoms with Crippen molar-refractivity contribution in [3.63, 3.8) is 0 Å². The minimum Gasteiger partial charge on any atom is -0.506 e. The van der Waals surface area contributed by atoms with Crippen LogP contribution >= 0.6 is 124 Å². The first kappa shape index (κ1) is 92.7. The first-order valence-corrected chi connectivity index (χ1v) is 43.6. The minimum absolute atomic E-state index is 0.00582. The molecule has 2 unspecified atom stereocenters. The van der Waals surface area contributed by atoms with Crippen molar-refractivity contribution in [2.45, 2.75) is 38.6 Å². The van der Waals surface area contributed by atoms with E-state index in [0.717, 1.165) is 54.1 Å². The molecule has 8 aromatic rings. The Morgan fingerprint density at radius 3 is 1.00 bits per heavy atom. The molecule has 0 fully saturated rings. The van der Waals surface area contributed by atoms with E-state index < -0.39 is 95.8 Å². The highest BCUT2D eigenvalue weighted by Crippen LogP contribution is 2.35. The number of halogens is 5. The third-order valence-corrected chi connectivity index (χ3v) is 22.4. The van der Waals surface area contributed by atoms with E-state index in [1.165, 1.54) is 109 Å². The standard InChI is InChI=1S/C69H63Br4ClN16O19S8/c1-36-2-14-44(15-3-36)79-58(62(93)85-77-34-37-26-50(70)60(91)51(71)27-37)64(95)87-89-68(112)83-48-18-10-41(56(32-48)116(103,104)105)6-4-39-8-16-46(30-54(39)114(97,98)99)81-66(110)75-22-24-109-25-23-76-67(111)82-47-17-9-40(55(31-47)115(100,101)102)5-7-42-11-19-49(33-57(42)117(106,107)108)84-69(113)90-88-65(96)59(80-45-20-12-43(74)13-21-45)63(94)86-78-35-38-28-52(72)61(92)53(73)29-38/h2-21,26-35,58-59,79-80,91-92H,22-25H2,1H3,(H,85,93)(H,86,94)(H,87,95)(H,88,96)(H2,75,81,110)(H2,76,82,111)(H2,83,89,112)(H2,84,90,113)(H,97,98,99)(H,100,101,102)(H,103,104,105)(H,106,107,108)/b6-4+,7-5+,77-34-,78-35-. The Morgan fingerprint density at radius 1 is 0.419 bits per heavy atom. The van der Waals surface area contributed by atoms with Crippen LogP contribution in [0.1, 0.15) is 38.9 Å². The zero-order valence-electron chi connectivity index (χ0n) is 59.3. The van der Waals surface area contributed by atoms with Crippen molar-refractivity contribution in [2.24, 2.45) is 10.2 Å². The molecule has 0 aliphatic heterocycles. The summed E-state index contributed by atoms with van der Waals surface area (Å²) < 4.78 is 150. The molecule has 8 aromatic carbocycles. The Morgan fingerprint density at radius 2 is 0.701 bits per heavy atom. The second-order valence-electron chi connectivity index (χ2n) is 23.8. The number of phenols is 2. The van der Waals surface area contributed by atoms with Gasteiger partial charge in [-0.1, -0.05) is 77.9 Å². The van der Waals surface area contributed by atoms with Gasteiger partial charge >= 0.3 is 0 Å². The maximum Gasteiger partial charge on any atom is 0.295 e. The van der Waals surface area contributed by atoms with Gasteiger partial charge in [0.05, 0.1) is 43.5 Å². The predicted molar refractivity (Wildman–Crippen MR) is 473 cm³/mol. The molecule has 8 rings (SSSR count). The summed E-state index contributed by atoms with van der Waals surface area (Å²) in [6.07, 6.45) is 7.11. The molecular weight excluding hydrogens is 1970 g/mol. The number of nitrogens with zero attached hydrogens (tertiary/aromatic N) is 2. The third kappa shape index (κ3) is 28.8. The Hall–Kier alpha value is -9.77. The largest absolute Gasteiger partial charge is 0.506 e. The molecule has 2 atom stereocenters. The number of aromatic hydroxyl groups is 2. The molecule has 0 saturated carbocycles. The summed E-state index contributed by atoms with van der Waals surface area (Å²) in [5.41, 5.74) is 15.9. The molecular formula is C69H63Br4ClN16O19S8. The number of rotatable bonds is 30. The van der Waals surface area contributed by atoms with Crippen LogP contribution < -0.4 is 75.1 Å². The van der Waals surface area contributed by atoms with Crippen LogP contribution in [0.15, 0.2) is 193 Å². The molecule has 0 aliphatic carbocycles. The number of hydrogen-bond acceptors (Lipinski definition) is 23. The molecule has 0 heterocycles. The van der Waals surface area contributed by atoms with Gasteiger partial charge in [-0.15, -0.1) is 0 Å². The number of phenolic OH excluding ortho intramolecular Hbond substituents is 2. The summed E-state index contributed by atoms with van der Waals surface area (Å²) >= 11 is 40.2. The van der Waals surface area contributed by atoms with Crippen LogP contribution in [0, 0.1) is 6.92 Å². The number of aryl methyl sites for hydroxylation is 1. The van der Waals surface area contributed by atoms with Gasteiger partial charge < -0.3 is 57.5 Å². The Bertz CT molecular complexity index is 5420. The average Bonchev–Trinajstić information content (AvgIpc) is 0.804. The van der Waals surface area contributed by atoms with Crippen LogP contribution in [0.5, 0.6) is 11.5 Å². The highest BCUT2D eigenvalue weighted by molar-refractivity contribution is 9.11. The van der Waals surface area contributed by atoms with Crippen molar-refractivity contribution in [2.75, 3.05) is 58.2 Å². The van der Waals surface area contributed by atoms with Crippen LogP contribution in [-0.2, 0) is 64.4 Å². The molecule has 0 aromatic heterocycles. The fraction of sp³-hybridized carbons (Fsp3) is 0.101. The molecule has 0 bridgehead atoms. The van der Waals surface area contributed by atoms with Gasteiger partial charge in [-0.25, -0.2) is 10.9 Å². The number of hydrazone groups is 2. The monoisotopic (exact) mass is 2030 g/mol. The fourth-order valence-corrected chi connectivity index (χ4v) is 15.9. The smallest absolute Gasteiger partial charge is 0.295 e. The number of anilines is 6. The maximum atomic E-state index is 13.5. The summed E-state index contributed by atoms with van der Waals surface area (Å²) in [7, 11) is -20.0. The lowest BCUT2D eigenvalue weighted by Crippen LogP contribution is -2.54. The summed E-state index contributed by atoms with van der Waals surface area (Å²) in [4.78, 5) is 51.1. The first-order chi connectivity index (χ1) is 55.1. The van der Waals surface area contributed by atoms with Crippen molar-refractivity contribution < 1.29 is 86.0 Å². The Balaban J connectivity index is 0.789.